The van der Waals surface area contributed by atoms with Crippen LogP contribution in [0.15, 0.2) is 29.8 Å². The van der Waals surface area contributed by atoms with Gasteiger partial charge < -0.3 is 33.8 Å². The third kappa shape index (κ3) is 7.24. The molecule has 0 radical (unpaired) electrons. The van der Waals surface area contributed by atoms with Crippen LogP contribution in [0.4, 0.5) is 0 Å². The van der Waals surface area contributed by atoms with Gasteiger partial charge in [-0.05, 0) is 43.7 Å². The summed E-state index contributed by atoms with van der Waals surface area (Å²) >= 11 is 0. The molecule has 26 heavy (non-hydrogen) atoms. The summed E-state index contributed by atoms with van der Waals surface area (Å²) in [6.07, 6.45) is 3.39. The minimum absolute atomic E-state index is 0. The second kappa shape index (κ2) is 10.6. The van der Waals surface area contributed by atoms with E-state index in [2.05, 4.69) is 76.4 Å². The Kier molecular flexibility index (Phi) is 11.5. The molecule has 2 rings (SSSR count). The van der Waals surface area contributed by atoms with E-state index in [4.69, 9.17) is 0 Å². The molecule has 1 atom stereocenters. The van der Waals surface area contributed by atoms with Crippen molar-refractivity contribution in [3.05, 3.63) is 41.0 Å². The van der Waals surface area contributed by atoms with Crippen molar-refractivity contribution < 1.29 is 51.0 Å². The minimum Gasteiger partial charge on any atom is -1.00 e. The van der Waals surface area contributed by atoms with E-state index in [1.165, 1.54) is 16.7 Å². The van der Waals surface area contributed by atoms with Crippen molar-refractivity contribution in [3.8, 4) is 0 Å². The van der Waals surface area contributed by atoms with Crippen molar-refractivity contribution in [3.63, 3.8) is 0 Å². The molecule has 0 N–H and O–H groups in total. The Labute approximate surface area is 188 Å². The number of fused-ring (bicyclic) bond motifs is 1. The number of hydrogen-bond donors (Lipinski definition) is 0. The molecule has 0 saturated carbocycles. The zero-order chi connectivity index (χ0) is 17.4. The summed E-state index contributed by atoms with van der Waals surface area (Å²) in [6, 6.07) is 9.33. The van der Waals surface area contributed by atoms with Crippen LogP contribution in [0.3, 0.4) is 0 Å². The zero-order valence-electron chi connectivity index (χ0n) is 17.0. The van der Waals surface area contributed by atoms with Crippen molar-refractivity contribution in [2.45, 2.75) is 65.5 Å². The summed E-state index contributed by atoms with van der Waals surface area (Å²) < 4.78 is 15.0. The number of hydrogen-bond acceptors (Lipinski definition) is 1. The molecule has 1 unspecified atom stereocenters. The Balaban J connectivity index is 0. The summed E-state index contributed by atoms with van der Waals surface area (Å²) in [7, 11) is 0.201. The van der Waals surface area contributed by atoms with Crippen molar-refractivity contribution in [1.82, 2.24) is 4.57 Å². The predicted octanol–water partition coefficient (Wildman–Crippen LogP) is -0.742. The molecular formula is C20H31Cl2NOSiTi+2. The number of nitrogens with zero attached hydrogens (tertiary/aromatic N) is 1. The molecule has 0 fully saturated rings. The Morgan fingerprint density at radius 3 is 2.08 bits per heavy atom. The van der Waals surface area contributed by atoms with Crippen molar-refractivity contribution in [2.75, 3.05) is 7.05 Å². The predicted molar refractivity (Wildman–Crippen MR) is 100.0 cm³/mol. The smallest absolute Gasteiger partial charge is 1.00 e. The van der Waals surface area contributed by atoms with E-state index in [0.717, 1.165) is 12.5 Å². The molecule has 2 nitrogen and oxygen atoms in total. The first-order valence-electron chi connectivity index (χ1n) is 8.55. The first kappa shape index (κ1) is 28.3. The molecule has 0 amide bonds. The quantitative estimate of drug-likeness (QED) is 0.566. The maximum atomic E-state index is 13.0. The molecule has 0 saturated heterocycles. The standard InChI is InChI=1S/C20H31NOSi.2ClH.Ti/c1-19(2,3)13-16-12-15-10-8-9-11-17(15)18(16)14-23(22)21(7)20(4,5)6;;;/h8-12,18H,13-14H2,1-7H3;2*1H;/q;;;+4/p-2. The van der Waals surface area contributed by atoms with Gasteiger partial charge in [0.1, 0.15) is 0 Å². The van der Waals surface area contributed by atoms with Crippen LogP contribution in [0.1, 0.15) is 65.0 Å². The molecular weight excluding hydrogens is 417 g/mol. The van der Waals surface area contributed by atoms with Crippen LogP contribution in [0.2, 0.25) is 6.04 Å². The molecule has 0 bridgehead atoms. The topological polar surface area (TPSA) is 20.3 Å². The number of halogens is 2. The fourth-order valence-corrected chi connectivity index (χ4v) is 5.03. The average Bonchev–Trinajstić information content (AvgIpc) is 2.72. The fourth-order valence-electron chi connectivity index (χ4n) is 3.17. The molecule has 142 valence electrons. The van der Waals surface area contributed by atoms with Gasteiger partial charge in [0.05, 0.1) is 0 Å². The third-order valence-electron chi connectivity index (χ3n) is 4.65. The maximum Gasteiger partial charge on any atom is 4.00 e. The van der Waals surface area contributed by atoms with Gasteiger partial charge in [-0.15, -0.1) is 0 Å². The third-order valence-corrected chi connectivity index (χ3v) is 6.83. The summed E-state index contributed by atoms with van der Waals surface area (Å²) in [6.45, 7) is 13.2. The number of allylic oxidation sites excluding steroid dienone is 1. The van der Waals surface area contributed by atoms with Crippen LogP contribution < -0.4 is 24.8 Å². The monoisotopic (exact) mass is 447 g/mol. The number of benzene rings is 1. The van der Waals surface area contributed by atoms with Crippen LogP contribution in [0, 0.1) is 5.41 Å². The molecule has 1 aliphatic carbocycles. The van der Waals surface area contributed by atoms with Crippen LogP contribution in [-0.4, -0.2) is 26.0 Å². The Hall–Kier alpha value is 0.0712. The van der Waals surface area contributed by atoms with Gasteiger partial charge in [0.2, 0.25) is 0 Å². The normalized spacial score (nSPS) is 15.7. The van der Waals surface area contributed by atoms with Gasteiger partial charge in [-0.2, -0.15) is 0 Å². The number of rotatable bonds is 4. The van der Waals surface area contributed by atoms with E-state index in [1.54, 1.807) is 0 Å². The molecule has 1 aromatic carbocycles. The van der Waals surface area contributed by atoms with E-state index in [-0.39, 0.29) is 57.5 Å². The van der Waals surface area contributed by atoms with E-state index < -0.39 is 8.84 Å². The second-order valence-corrected chi connectivity index (χ2v) is 10.8. The molecule has 0 aromatic heterocycles. The van der Waals surface area contributed by atoms with Gasteiger partial charge in [0.25, 0.3) is 0 Å². The Bertz CT molecular complexity index is 635. The van der Waals surface area contributed by atoms with E-state index in [1.807, 2.05) is 7.05 Å². The minimum atomic E-state index is -1.79. The van der Waals surface area contributed by atoms with Crippen molar-refractivity contribution >= 4 is 14.9 Å². The molecule has 1 aliphatic rings. The first-order valence-corrected chi connectivity index (χ1v) is 10.1. The van der Waals surface area contributed by atoms with Gasteiger partial charge in [-0.1, -0.05) is 56.7 Å². The second-order valence-electron chi connectivity index (χ2n) is 8.97. The van der Waals surface area contributed by atoms with Gasteiger partial charge >= 0.3 is 30.6 Å². The maximum absolute atomic E-state index is 13.0. The molecule has 0 aliphatic heterocycles. The summed E-state index contributed by atoms with van der Waals surface area (Å²) in [5.41, 5.74) is 4.30. The van der Waals surface area contributed by atoms with Crippen LogP contribution >= 0.6 is 0 Å². The first-order chi connectivity index (χ1) is 10.5. The van der Waals surface area contributed by atoms with E-state index in [9.17, 15) is 4.46 Å². The zero-order valence-corrected chi connectivity index (χ0v) is 21.1. The molecule has 1 aromatic rings. The SMILES string of the molecule is CN([Si](=O)CC1C(CC(C)(C)C)=Cc2ccccc21)C(C)(C)C.[Cl-].[Cl-].[Ti+4]. The molecule has 0 heterocycles. The Morgan fingerprint density at radius 1 is 1.04 bits per heavy atom. The van der Waals surface area contributed by atoms with Crippen LogP contribution in [-0.2, 0) is 26.2 Å². The Morgan fingerprint density at radius 2 is 1.58 bits per heavy atom. The van der Waals surface area contributed by atoms with E-state index in [0.29, 0.717) is 5.92 Å². The van der Waals surface area contributed by atoms with E-state index >= 15 is 0 Å². The molecule has 6 heteroatoms. The summed E-state index contributed by atoms with van der Waals surface area (Å²) in [5.74, 6) is 0.307. The van der Waals surface area contributed by atoms with Crippen LogP contribution in [0.25, 0.3) is 6.08 Å². The average molecular weight is 448 g/mol. The summed E-state index contributed by atoms with van der Waals surface area (Å²) in [4.78, 5) is 0. The fraction of sp³-hybridized carbons (Fsp3) is 0.600. The summed E-state index contributed by atoms with van der Waals surface area (Å²) in [5, 5.41) is 0. The van der Waals surface area contributed by atoms with Crippen molar-refractivity contribution in [1.29, 1.82) is 0 Å². The van der Waals surface area contributed by atoms with Gasteiger partial charge in [0.15, 0.2) is 0 Å². The van der Waals surface area contributed by atoms with Gasteiger partial charge in [-0.25, -0.2) is 0 Å². The van der Waals surface area contributed by atoms with Crippen LogP contribution in [0.5, 0.6) is 0 Å². The largest absolute Gasteiger partial charge is 4.00 e. The van der Waals surface area contributed by atoms with Gasteiger partial charge in [0, 0.05) is 24.5 Å². The molecule has 0 spiro atoms. The van der Waals surface area contributed by atoms with Gasteiger partial charge in [-0.3, -0.25) is 0 Å². The van der Waals surface area contributed by atoms with Crippen molar-refractivity contribution in [2.24, 2.45) is 5.41 Å².